The number of hydrogen-bond acceptors (Lipinski definition) is 4. The third-order valence-electron chi connectivity index (χ3n) is 10.5. The van der Waals surface area contributed by atoms with Crippen LogP contribution in [0.5, 0.6) is 0 Å². The van der Waals surface area contributed by atoms with Crippen molar-refractivity contribution < 1.29 is 20.1 Å². The molecule has 0 bridgehead atoms. The van der Waals surface area contributed by atoms with E-state index in [0.29, 0.717) is 12.8 Å². The third kappa shape index (κ3) is 33.8. The minimum atomic E-state index is -1.13. The molecule has 0 saturated heterocycles. The maximum absolute atomic E-state index is 12.4. The minimum absolute atomic E-state index is 0.141. The van der Waals surface area contributed by atoms with Crippen molar-refractivity contribution in [3.05, 3.63) is 0 Å². The Morgan fingerprint density at radius 2 is 0.708 bits per heavy atom. The van der Waals surface area contributed by atoms with E-state index in [2.05, 4.69) is 19.2 Å². The maximum Gasteiger partial charge on any atom is 0.220 e. The number of aliphatic hydroxyl groups is 3. The standard InChI is InChI=1S/C43H87NO4/c1-3-5-7-9-11-13-14-15-16-17-18-19-20-21-22-23-24-25-26-27-28-30-32-34-36-38-42(47)44-40(39-45)43(48)41(46)37-35-33-31-29-12-10-8-6-4-2/h40-41,43,45-46,48H,3-39H2,1-2H3,(H,44,47). The Labute approximate surface area is 300 Å². The SMILES string of the molecule is CCCCCCCCCCCCCCCCCCCCCCCCCCCC(=O)NC(CO)C(O)C(O)CCCCCCCCCCC. The van der Waals surface area contributed by atoms with Crippen LogP contribution in [0, 0.1) is 0 Å². The fourth-order valence-electron chi connectivity index (χ4n) is 7.05. The Hall–Kier alpha value is -0.650. The van der Waals surface area contributed by atoms with Gasteiger partial charge in [0.15, 0.2) is 0 Å². The summed E-state index contributed by atoms with van der Waals surface area (Å²) in [5, 5.41) is 33.3. The molecule has 3 atom stereocenters. The van der Waals surface area contributed by atoms with Crippen LogP contribution in [0.15, 0.2) is 0 Å². The van der Waals surface area contributed by atoms with Crippen molar-refractivity contribution in [1.29, 1.82) is 0 Å². The number of nitrogens with one attached hydrogen (secondary N) is 1. The molecule has 0 aromatic rings. The van der Waals surface area contributed by atoms with E-state index in [1.807, 2.05) is 0 Å². The van der Waals surface area contributed by atoms with Gasteiger partial charge in [-0.05, 0) is 12.8 Å². The van der Waals surface area contributed by atoms with Gasteiger partial charge in [-0.15, -0.1) is 0 Å². The number of hydrogen-bond donors (Lipinski definition) is 4. The minimum Gasteiger partial charge on any atom is -0.394 e. The van der Waals surface area contributed by atoms with Gasteiger partial charge in [-0.2, -0.15) is 0 Å². The quantitative estimate of drug-likeness (QED) is 0.0485. The van der Waals surface area contributed by atoms with E-state index in [0.717, 1.165) is 38.5 Å². The van der Waals surface area contributed by atoms with Crippen molar-refractivity contribution >= 4 is 5.91 Å². The molecule has 0 aliphatic heterocycles. The van der Waals surface area contributed by atoms with Crippen LogP contribution in [0.4, 0.5) is 0 Å². The Morgan fingerprint density at radius 3 is 1.00 bits per heavy atom. The first-order valence-electron chi connectivity index (χ1n) is 21.8. The van der Waals surface area contributed by atoms with Crippen molar-refractivity contribution in [1.82, 2.24) is 5.32 Å². The Kier molecular flexibility index (Phi) is 38.6. The molecular formula is C43H87NO4. The van der Waals surface area contributed by atoms with E-state index in [1.54, 1.807) is 0 Å². The zero-order chi connectivity index (χ0) is 35.2. The topological polar surface area (TPSA) is 89.8 Å². The normalized spacial score (nSPS) is 13.5. The summed E-state index contributed by atoms with van der Waals surface area (Å²) in [6.45, 7) is 4.17. The molecule has 0 heterocycles. The molecule has 0 aromatic carbocycles. The van der Waals surface area contributed by atoms with E-state index in [-0.39, 0.29) is 12.5 Å². The van der Waals surface area contributed by atoms with E-state index in [1.165, 1.54) is 180 Å². The molecule has 0 rings (SSSR count). The molecule has 5 heteroatoms. The van der Waals surface area contributed by atoms with Gasteiger partial charge in [0.05, 0.1) is 18.8 Å². The summed E-state index contributed by atoms with van der Waals surface area (Å²) >= 11 is 0. The number of unbranched alkanes of at least 4 members (excludes halogenated alkanes) is 32. The van der Waals surface area contributed by atoms with Crippen LogP contribution >= 0.6 is 0 Å². The Bertz CT molecular complexity index is 630. The number of carbonyl (C=O) groups is 1. The second-order valence-electron chi connectivity index (χ2n) is 15.3. The van der Waals surface area contributed by atoms with Crippen molar-refractivity contribution in [2.45, 2.75) is 263 Å². The monoisotopic (exact) mass is 682 g/mol. The number of aliphatic hydroxyl groups excluding tert-OH is 3. The highest BCUT2D eigenvalue weighted by atomic mass is 16.3. The first-order valence-corrected chi connectivity index (χ1v) is 21.8. The molecule has 0 aliphatic carbocycles. The molecule has 288 valence electrons. The van der Waals surface area contributed by atoms with Crippen LogP contribution in [0.3, 0.4) is 0 Å². The number of rotatable bonds is 40. The van der Waals surface area contributed by atoms with Gasteiger partial charge in [0.25, 0.3) is 0 Å². The Balaban J connectivity index is 3.48. The summed E-state index contributed by atoms with van der Waals surface area (Å²) in [7, 11) is 0. The zero-order valence-corrected chi connectivity index (χ0v) is 32.6. The number of carbonyl (C=O) groups excluding carboxylic acids is 1. The maximum atomic E-state index is 12.4. The summed E-state index contributed by atoms with van der Waals surface area (Å²) in [6.07, 6.45) is 43.7. The van der Waals surface area contributed by atoms with Gasteiger partial charge in [-0.1, -0.05) is 226 Å². The lowest BCUT2D eigenvalue weighted by Gasteiger charge is -2.26. The van der Waals surface area contributed by atoms with Crippen molar-refractivity contribution in [2.75, 3.05) is 6.61 Å². The van der Waals surface area contributed by atoms with Crippen molar-refractivity contribution in [3.63, 3.8) is 0 Å². The van der Waals surface area contributed by atoms with Crippen LogP contribution < -0.4 is 5.32 Å². The molecule has 0 fully saturated rings. The second-order valence-corrected chi connectivity index (χ2v) is 15.3. The highest BCUT2D eigenvalue weighted by molar-refractivity contribution is 5.76. The van der Waals surface area contributed by atoms with Gasteiger partial charge < -0.3 is 20.6 Å². The van der Waals surface area contributed by atoms with E-state index in [9.17, 15) is 20.1 Å². The highest BCUT2D eigenvalue weighted by Crippen LogP contribution is 2.17. The van der Waals surface area contributed by atoms with Gasteiger partial charge in [0.1, 0.15) is 6.10 Å². The van der Waals surface area contributed by atoms with Gasteiger partial charge in [0.2, 0.25) is 5.91 Å². The van der Waals surface area contributed by atoms with Crippen molar-refractivity contribution in [2.24, 2.45) is 0 Å². The summed E-state index contributed by atoms with van der Waals surface area (Å²) in [5.41, 5.74) is 0. The lowest BCUT2D eigenvalue weighted by molar-refractivity contribution is -0.124. The zero-order valence-electron chi connectivity index (χ0n) is 32.6. The summed E-state index contributed by atoms with van der Waals surface area (Å²) < 4.78 is 0. The molecule has 4 N–H and O–H groups in total. The van der Waals surface area contributed by atoms with Gasteiger partial charge in [-0.25, -0.2) is 0 Å². The van der Waals surface area contributed by atoms with Crippen LogP contribution in [-0.2, 0) is 4.79 Å². The van der Waals surface area contributed by atoms with Gasteiger partial charge in [-0.3, -0.25) is 4.79 Å². The largest absolute Gasteiger partial charge is 0.394 e. The molecule has 0 aliphatic rings. The van der Waals surface area contributed by atoms with E-state index >= 15 is 0 Å². The van der Waals surface area contributed by atoms with E-state index in [4.69, 9.17) is 0 Å². The smallest absolute Gasteiger partial charge is 0.220 e. The van der Waals surface area contributed by atoms with Gasteiger partial charge >= 0.3 is 0 Å². The number of amides is 1. The molecular weight excluding hydrogens is 594 g/mol. The molecule has 0 spiro atoms. The summed E-state index contributed by atoms with van der Waals surface area (Å²) in [6, 6.07) is -0.801. The second kappa shape index (κ2) is 39.1. The molecule has 1 amide bonds. The molecule has 0 saturated carbocycles. The first kappa shape index (κ1) is 47.4. The van der Waals surface area contributed by atoms with Gasteiger partial charge in [0, 0.05) is 6.42 Å². The predicted molar refractivity (Wildman–Crippen MR) is 209 cm³/mol. The summed E-state index contributed by atoms with van der Waals surface area (Å²) in [4.78, 5) is 12.4. The highest BCUT2D eigenvalue weighted by Gasteiger charge is 2.26. The average molecular weight is 682 g/mol. The first-order chi connectivity index (χ1) is 23.6. The van der Waals surface area contributed by atoms with Crippen LogP contribution in [0.25, 0.3) is 0 Å². The lowest BCUT2D eigenvalue weighted by atomic mass is 9.99. The summed E-state index contributed by atoms with van der Waals surface area (Å²) in [5.74, 6) is -0.141. The molecule has 3 unspecified atom stereocenters. The fraction of sp³-hybridized carbons (Fsp3) is 0.977. The molecule has 48 heavy (non-hydrogen) atoms. The fourth-order valence-corrected chi connectivity index (χ4v) is 7.05. The van der Waals surface area contributed by atoms with Crippen LogP contribution in [0.2, 0.25) is 0 Å². The van der Waals surface area contributed by atoms with E-state index < -0.39 is 18.2 Å². The lowest BCUT2D eigenvalue weighted by Crippen LogP contribution is -2.50. The molecule has 0 radical (unpaired) electrons. The third-order valence-corrected chi connectivity index (χ3v) is 10.5. The average Bonchev–Trinajstić information content (AvgIpc) is 3.09. The van der Waals surface area contributed by atoms with Crippen molar-refractivity contribution in [3.8, 4) is 0 Å². The molecule has 5 nitrogen and oxygen atoms in total. The predicted octanol–water partition coefficient (Wildman–Crippen LogP) is 12.3. The molecule has 0 aromatic heterocycles. The Morgan fingerprint density at radius 1 is 0.438 bits per heavy atom. The van der Waals surface area contributed by atoms with Crippen LogP contribution in [0.1, 0.15) is 245 Å². The van der Waals surface area contributed by atoms with Crippen LogP contribution in [-0.4, -0.2) is 46.1 Å².